The van der Waals surface area contributed by atoms with Gasteiger partial charge in [-0.1, -0.05) is 0 Å². The highest BCUT2D eigenvalue weighted by molar-refractivity contribution is 5.65. The highest BCUT2D eigenvalue weighted by atomic mass is 16.5. The maximum absolute atomic E-state index is 5.27. The first-order valence-electron chi connectivity index (χ1n) is 3.30. The van der Waals surface area contributed by atoms with Crippen LogP contribution in [-0.2, 0) is 4.74 Å². The van der Waals surface area contributed by atoms with Gasteiger partial charge in [-0.15, -0.1) is 0 Å². The lowest BCUT2D eigenvalue weighted by molar-refractivity contribution is 0.183. The molecule has 0 aromatic heterocycles. The Balaban J connectivity index is 1.98. The van der Waals surface area contributed by atoms with Gasteiger partial charge in [0.25, 0.3) is 0 Å². The first-order chi connectivity index (χ1) is 4.47. The Morgan fingerprint density at radius 2 is 2.33 bits per heavy atom. The summed E-state index contributed by atoms with van der Waals surface area (Å²) in [4.78, 5) is 3.99. The quantitative estimate of drug-likeness (QED) is 0.515. The van der Waals surface area contributed by atoms with Crippen LogP contribution in [0.15, 0.2) is 17.5 Å². The minimum atomic E-state index is 0.287. The van der Waals surface area contributed by atoms with Gasteiger partial charge in [0.2, 0.25) is 0 Å². The Labute approximate surface area is 54.2 Å². The molecular formula is C7H9NO. The maximum Gasteiger partial charge on any atom is 0.136 e. The van der Waals surface area contributed by atoms with E-state index in [0.29, 0.717) is 0 Å². The molecule has 1 unspecified atom stereocenters. The second-order valence-electron chi connectivity index (χ2n) is 2.52. The molecule has 2 nitrogen and oxygen atoms in total. The summed E-state index contributed by atoms with van der Waals surface area (Å²) in [6.07, 6.45) is 8.14. The zero-order valence-corrected chi connectivity index (χ0v) is 5.16. The van der Waals surface area contributed by atoms with E-state index in [4.69, 9.17) is 4.74 Å². The average molecular weight is 123 g/mol. The van der Waals surface area contributed by atoms with Crippen LogP contribution in [0.4, 0.5) is 0 Å². The number of ether oxygens (including phenoxy) is 1. The van der Waals surface area contributed by atoms with Crippen LogP contribution >= 0.6 is 0 Å². The molecule has 1 heterocycles. The summed E-state index contributed by atoms with van der Waals surface area (Å²) >= 11 is 0. The van der Waals surface area contributed by atoms with E-state index in [1.54, 1.807) is 12.5 Å². The van der Waals surface area contributed by atoms with Gasteiger partial charge < -0.3 is 4.74 Å². The molecule has 0 radical (unpaired) electrons. The fourth-order valence-corrected chi connectivity index (χ4v) is 0.988. The van der Waals surface area contributed by atoms with Crippen molar-refractivity contribution >= 4 is 6.21 Å². The van der Waals surface area contributed by atoms with Gasteiger partial charge in [0, 0.05) is 12.1 Å². The van der Waals surface area contributed by atoms with Gasteiger partial charge in [0.1, 0.15) is 12.4 Å². The van der Waals surface area contributed by atoms with Crippen molar-refractivity contribution in [1.29, 1.82) is 0 Å². The molecule has 1 saturated carbocycles. The van der Waals surface area contributed by atoms with Crippen molar-refractivity contribution in [2.45, 2.75) is 18.9 Å². The van der Waals surface area contributed by atoms with E-state index >= 15 is 0 Å². The van der Waals surface area contributed by atoms with Crippen LogP contribution < -0.4 is 0 Å². The first-order valence-corrected chi connectivity index (χ1v) is 3.30. The summed E-state index contributed by atoms with van der Waals surface area (Å²) in [7, 11) is 0. The molecule has 2 heteroatoms. The van der Waals surface area contributed by atoms with Crippen LogP contribution in [-0.4, -0.2) is 12.3 Å². The summed E-state index contributed by atoms with van der Waals surface area (Å²) in [5.41, 5.74) is 0. The molecule has 48 valence electrons. The molecule has 0 amide bonds. The number of hydrogen-bond donors (Lipinski definition) is 0. The van der Waals surface area contributed by atoms with Gasteiger partial charge in [-0.3, -0.25) is 4.99 Å². The molecule has 9 heavy (non-hydrogen) atoms. The molecule has 2 rings (SSSR count). The normalized spacial score (nSPS) is 32.2. The highest BCUT2D eigenvalue weighted by Gasteiger charge is 2.31. The van der Waals surface area contributed by atoms with Crippen molar-refractivity contribution in [3.05, 3.63) is 12.5 Å². The lowest BCUT2D eigenvalue weighted by Crippen LogP contribution is -2.15. The van der Waals surface area contributed by atoms with E-state index in [-0.39, 0.29) is 6.10 Å². The lowest BCUT2D eigenvalue weighted by Gasteiger charge is -2.11. The van der Waals surface area contributed by atoms with E-state index in [9.17, 15) is 0 Å². The Hall–Kier alpha value is -0.790. The Morgan fingerprint density at radius 1 is 1.44 bits per heavy atom. The number of hydrogen-bond acceptors (Lipinski definition) is 2. The first kappa shape index (κ1) is 5.03. The monoisotopic (exact) mass is 123 g/mol. The van der Waals surface area contributed by atoms with Crippen LogP contribution in [0.1, 0.15) is 12.8 Å². The predicted molar refractivity (Wildman–Crippen MR) is 35.2 cm³/mol. The third kappa shape index (κ3) is 0.969. The number of nitrogens with zero attached hydrogens (tertiary/aromatic N) is 1. The van der Waals surface area contributed by atoms with Gasteiger partial charge >= 0.3 is 0 Å². The van der Waals surface area contributed by atoms with E-state index in [1.807, 2.05) is 6.21 Å². The molecule has 0 bridgehead atoms. The third-order valence-electron chi connectivity index (χ3n) is 1.70. The van der Waals surface area contributed by atoms with Crippen LogP contribution in [0.5, 0.6) is 0 Å². The summed E-state index contributed by atoms with van der Waals surface area (Å²) < 4.78 is 5.27. The fourth-order valence-electron chi connectivity index (χ4n) is 0.988. The van der Waals surface area contributed by atoms with E-state index in [0.717, 1.165) is 5.92 Å². The second kappa shape index (κ2) is 1.87. The topological polar surface area (TPSA) is 21.6 Å². The highest BCUT2D eigenvalue weighted by Crippen LogP contribution is 2.34. The van der Waals surface area contributed by atoms with E-state index in [1.165, 1.54) is 12.8 Å². The molecule has 1 aliphatic carbocycles. The van der Waals surface area contributed by atoms with Gasteiger partial charge in [-0.05, 0) is 12.8 Å². The Kier molecular flexibility index (Phi) is 1.04. The summed E-state index contributed by atoms with van der Waals surface area (Å²) in [5, 5.41) is 0. The molecule has 1 fully saturated rings. The summed E-state index contributed by atoms with van der Waals surface area (Å²) in [6, 6.07) is 0. The van der Waals surface area contributed by atoms with Crippen LogP contribution in [0.25, 0.3) is 0 Å². The van der Waals surface area contributed by atoms with Crippen molar-refractivity contribution < 1.29 is 4.74 Å². The SMILES string of the molecule is C1=COC(C2CC2)C=N1. The Morgan fingerprint density at radius 3 is 2.89 bits per heavy atom. The fraction of sp³-hybridized carbons (Fsp3) is 0.571. The molecule has 0 N–H and O–H groups in total. The summed E-state index contributed by atoms with van der Waals surface area (Å²) in [5.74, 6) is 0.763. The van der Waals surface area contributed by atoms with Crippen molar-refractivity contribution in [2.24, 2.45) is 10.9 Å². The largest absolute Gasteiger partial charge is 0.490 e. The Bertz CT molecular complexity index is 158. The van der Waals surface area contributed by atoms with Gasteiger partial charge in [-0.2, -0.15) is 0 Å². The van der Waals surface area contributed by atoms with Crippen LogP contribution in [0, 0.1) is 5.92 Å². The molecule has 0 spiro atoms. The van der Waals surface area contributed by atoms with Crippen molar-refractivity contribution in [3.63, 3.8) is 0 Å². The van der Waals surface area contributed by atoms with Gasteiger partial charge in [0.15, 0.2) is 0 Å². The zero-order valence-electron chi connectivity index (χ0n) is 5.16. The third-order valence-corrected chi connectivity index (χ3v) is 1.70. The van der Waals surface area contributed by atoms with Crippen molar-refractivity contribution in [2.75, 3.05) is 0 Å². The second-order valence-corrected chi connectivity index (χ2v) is 2.52. The van der Waals surface area contributed by atoms with Crippen molar-refractivity contribution in [1.82, 2.24) is 0 Å². The average Bonchev–Trinajstić information content (AvgIpc) is 2.71. The molecule has 1 atom stereocenters. The van der Waals surface area contributed by atoms with Crippen molar-refractivity contribution in [3.8, 4) is 0 Å². The summed E-state index contributed by atoms with van der Waals surface area (Å²) in [6.45, 7) is 0. The molecule has 1 aliphatic heterocycles. The van der Waals surface area contributed by atoms with E-state index < -0.39 is 0 Å². The maximum atomic E-state index is 5.27. The standard InChI is InChI=1S/C7H9NO/c1-2-6(1)7-5-8-3-4-9-7/h3-7H,1-2H2. The van der Waals surface area contributed by atoms with Gasteiger partial charge in [-0.25, -0.2) is 0 Å². The predicted octanol–water partition coefficient (Wildman–Crippen LogP) is 1.34. The molecular weight excluding hydrogens is 114 g/mol. The molecule has 0 aromatic rings. The smallest absolute Gasteiger partial charge is 0.136 e. The minimum Gasteiger partial charge on any atom is -0.490 e. The number of aliphatic imine (C=N–C) groups is 1. The molecule has 0 saturated heterocycles. The van der Waals surface area contributed by atoms with Crippen LogP contribution in [0.3, 0.4) is 0 Å². The molecule has 2 aliphatic rings. The minimum absolute atomic E-state index is 0.287. The van der Waals surface area contributed by atoms with E-state index in [2.05, 4.69) is 4.99 Å². The zero-order chi connectivity index (χ0) is 6.10. The lowest BCUT2D eigenvalue weighted by atomic mass is 10.2. The van der Waals surface area contributed by atoms with Gasteiger partial charge in [0.05, 0.1) is 6.20 Å². The van der Waals surface area contributed by atoms with Crippen LogP contribution in [0.2, 0.25) is 0 Å². The number of rotatable bonds is 1. The molecule has 0 aromatic carbocycles.